The van der Waals surface area contributed by atoms with Crippen LogP contribution in [0.4, 0.5) is 5.82 Å². The highest BCUT2D eigenvalue weighted by Gasteiger charge is 2.24. The van der Waals surface area contributed by atoms with Gasteiger partial charge in [0.05, 0.1) is 5.39 Å². The molecule has 1 aliphatic carbocycles. The summed E-state index contributed by atoms with van der Waals surface area (Å²) in [5.41, 5.74) is 0.749. The molecule has 3 rings (SSSR count). The van der Waals surface area contributed by atoms with Gasteiger partial charge in [0.15, 0.2) is 0 Å². The van der Waals surface area contributed by atoms with E-state index < -0.39 is 5.97 Å². The number of carboxylic acid groups (broad SMARTS) is 1. The van der Waals surface area contributed by atoms with Gasteiger partial charge < -0.3 is 10.4 Å². The van der Waals surface area contributed by atoms with E-state index in [0.29, 0.717) is 10.9 Å². The average Bonchev–Trinajstić information content (AvgIpc) is 3.12. The second kappa shape index (κ2) is 5.01. The first-order valence-electron chi connectivity index (χ1n) is 6.80. The van der Waals surface area contributed by atoms with Gasteiger partial charge in [-0.25, -0.2) is 14.8 Å². The fourth-order valence-electron chi connectivity index (χ4n) is 2.53. The van der Waals surface area contributed by atoms with E-state index in [4.69, 9.17) is 0 Å². The third kappa shape index (κ3) is 2.47. The number of nitrogens with one attached hydrogen (secondary N) is 1. The first-order chi connectivity index (χ1) is 9.56. The molecule has 1 aliphatic rings. The van der Waals surface area contributed by atoms with E-state index in [1.54, 1.807) is 0 Å². The molecule has 1 fully saturated rings. The standard InChI is InChI=1S/C14H17N3O2S/c1-7(5-9-3-4-9)17-12-10-8(2)11(14(18)19)20-13(10)16-6-15-12/h6-7,9H,3-5H2,1-2H3,(H,18,19)(H,15,16,17). The van der Waals surface area contributed by atoms with Crippen molar-refractivity contribution in [3.05, 3.63) is 16.8 Å². The molecule has 0 bridgehead atoms. The number of thiophene rings is 1. The number of carboxylic acids is 1. The molecule has 5 nitrogen and oxygen atoms in total. The zero-order valence-electron chi connectivity index (χ0n) is 11.5. The summed E-state index contributed by atoms with van der Waals surface area (Å²) in [7, 11) is 0. The number of nitrogens with zero attached hydrogens (tertiary/aromatic N) is 2. The van der Waals surface area contributed by atoms with E-state index in [-0.39, 0.29) is 0 Å². The Bertz CT molecular complexity index is 664. The van der Waals surface area contributed by atoms with Crippen molar-refractivity contribution in [2.24, 2.45) is 5.92 Å². The van der Waals surface area contributed by atoms with E-state index in [2.05, 4.69) is 22.2 Å². The van der Waals surface area contributed by atoms with E-state index in [1.807, 2.05) is 6.92 Å². The zero-order valence-corrected chi connectivity index (χ0v) is 12.3. The summed E-state index contributed by atoms with van der Waals surface area (Å²) in [5.74, 6) is 0.694. The van der Waals surface area contributed by atoms with Gasteiger partial charge in [-0.2, -0.15) is 0 Å². The number of anilines is 1. The van der Waals surface area contributed by atoms with Crippen LogP contribution in [-0.4, -0.2) is 27.1 Å². The quantitative estimate of drug-likeness (QED) is 0.884. The monoisotopic (exact) mass is 291 g/mol. The Morgan fingerprint density at radius 2 is 2.30 bits per heavy atom. The van der Waals surface area contributed by atoms with Crippen molar-refractivity contribution in [3.8, 4) is 0 Å². The third-order valence-corrected chi connectivity index (χ3v) is 4.88. The van der Waals surface area contributed by atoms with Crippen LogP contribution in [-0.2, 0) is 0 Å². The summed E-state index contributed by atoms with van der Waals surface area (Å²) in [6, 6.07) is 0.341. The third-order valence-electron chi connectivity index (χ3n) is 3.69. The highest BCUT2D eigenvalue weighted by molar-refractivity contribution is 7.20. The molecule has 0 aliphatic heterocycles. The minimum atomic E-state index is -0.900. The van der Waals surface area contributed by atoms with Crippen LogP contribution >= 0.6 is 11.3 Å². The fraction of sp³-hybridized carbons (Fsp3) is 0.500. The minimum absolute atomic E-state index is 0.341. The molecule has 20 heavy (non-hydrogen) atoms. The molecule has 0 amide bonds. The number of rotatable bonds is 5. The van der Waals surface area contributed by atoms with Gasteiger partial charge in [-0.1, -0.05) is 12.8 Å². The Morgan fingerprint density at radius 1 is 1.55 bits per heavy atom. The molecule has 0 radical (unpaired) electrons. The van der Waals surface area contributed by atoms with E-state index in [1.165, 1.54) is 30.5 Å². The molecule has 1 saturated carbocycles. The summed E-state index contributed by atoms with van der Waals surface area (Å²) in [6.07, 6.45) is 5.29. The van der Waals surface area contributed by atoms with Gasteiger partial charge in [0.2, 0.25) is 0 Å². The van der Waals surface area contributed by atoms with Crippen molar-refractivity contribution in [1.82, 2.24) is 9.97 Å². The summed E-state index contributed by atoms with van der Waals surface area (Å²) in [5, 5.41) is 13.5. The Balaban J connectivity index is 1.95. The molecule has 0 spiro atoms. The van der Waals surface area contributed by atoms with Crippen LogP contribution in [0.25, 0.3) is 10.2 Å². The van der Waals surface area contributed by atoms with E-state index in [9.17, 15) is 9.90 Å². The number of hydrogen-bond donors (Lipinski definition) is 2. The smallest absolute Gasteiger partial charge is 0.346 e. The predicted molar refractivity (Wildman–Crippen MR) is 79.5 cm³/mol. The molecule has 0 saturated heterocycles. The number of hydrogen-bond acceptors (Lipinski definition) is 5. The second-order valence-electron chi connectivity index (χ2n) is 5.49. The molecule has 6 heteroatoms. The largest absolute Gasteiger partial charge is 0.477 e. The lowest BCUT2D eigenvalue weighted by atomic mass is 10.1. The molecule has 2 heterocycles. The Morgan fingerprint density at radius 3 is 2.95 bits per heavy atom. The van der Waals surface area contributed by atoms with Gasteiger partial charge in [0.25, 0.3) is 0 Å². The summed E-state index contributed by atoms with van der Waals surface area (Å²) < 4.78 is 0. The van der Waals surface area contributed by atoms with Gasteiger partial charge in [-0.15, -0.1) is 11.3 Å². The van der Waals surface area contributed by atoms with Crippen LogP contribution in [0.5, 0.6) is 0 Å². The molecule has 2 aromatic heterocycles. The lowest BCUT2D eigenvalue weighted by Crippen LogP contribution is -2.17. The van der Waals surface area contributed by atoms with Gasteiger partial charge in [-0.3, -0.25) is 0 Å². The molecule has 1 atom stereocenters. The minimum Gasteiger partial charge on any atom is -0.477 e. The molecule has 2 aromatic rings. The molecule has 2 N–H and O–H groups in total. The maximum atomic E-state index is 11.2. The molecule has 1 unspecified atom stereocenters. The van der Waals surface area contributed by atoms with Crippen molar-refractivity contribution in [3.63, 3.8) is 0 Å². The van der Waals surface area contributed by atoms with Gasteiger partial charge >= 0.3 is 5.97 Å². The number of carbonyl (C=O) groups is 1. The Hall–Kier alpha value is -1.69. The predicted octanol–water partition coefficient (Wildman–Crippen LogP) is 3.30. The van der Waals surface area contributed by atoms with Crippen molar-refractivity contribution in [2.75, 3.05) is 5.32 Å². The van der Waals surface area contributed by atoms with Gasteiger partial charge in [0.1, 0.15) is 21.9 Å². The topological polar surface area (TPSA) is 75.1 Å². The normalized spacial score (nSPS) is 16.3. The maximum absolute atomic E-state index is 11.2. The average molecular weight is 291 g/mol. The molecular weight excluding hydrogens is 274 g/mol. The zero-order chi connectivity index (χ0) is 14.3. The van der Waals surface area contributed by atoms with Crippen molar-refractivity contribution < 1.29 is 9.90 Å². The number of aromatic nitrogens is 2. The van der Waals surface area contributed by atoms with Gasteiger partial charge in [0, 0.05) is 6.04 Å². The van der Waals surface area contributed by atoms with Crippen LogP contribution in [0.1, 0.15) is 41.4 Å². The lowest BCUT2D eigenvalue weighted by Gasteiger charge is -2.14. The summed E-state index contributed by atoms with van der Waals surface area (Å²) in [6.45, 7) is 3.97. The summed E-state index contributed by atoms with van der Waals surface area (Å²) in [4.78, 5) is 20.8. The molecular formula is C14H17N3O2S. The fourth-order valence-corrected chi connectivity index (χ4v) is 3.52. The Labute approximate surface area is 121 Å². The summed E-state index contributed by atoms with van der Waals surface area (Å²) >= 11 is 1.21. The maximum Gasteiger partial charge on any atom is 0.346 e. The van der Waals surface area contributed by atoms with Crippen LogP contribution in [0.15, 0.2) is 6.33 Å². The number of fused-ring (bicyclic) bond motifs is 1. The van der Waals surface area contributed by atoms with Crippen molar-refractivity contribution >= 4 is 33.3 Å². The van der Waals surface area contributed by atoms with Crippen LogP contribution in [0.2, 0.25) is 0 Å². The molecule has 106 valence electrons. The highest BCUT2D eigenvalue weighted by Crippen LogP contribution is 2.36. The van der Waals surface area contributed by atoms with Crippen LogP contribution in [0, 0.1) is 12.8 Å². The van der Waals surface area contributed by atoms with E-state index >= 15 is 0 Å². The van der Waals surface area contributed by atoms with Crippen LogP contribution < -0.4 is 5.32 Å². The van der Waals surface area contributed by atoms with Crippen molar-refractivity contribution in [1.29, 1.82) is 0 Å². The lowest BCUT2D eigenvalue weighted by molar-refractivity contribution is 0.0701. The van der Waals surface area contributed by atoms with Gasteiger partial charge in [-0.05, 0) is 31.7 Å². The first-order valence-corrected chi connectivity index (χ1v) is 7.62. The first kappa shape index (κ1) is 13.3. The van der Waals surface area contributed by atoms with Crippen LogP contribution in [0.3, 0.4) is 0 Å². The highest BCUT2D eigenvalue weighted by atomic mass is 32.1. The number of aromatic carboxylic acids is 1. The Kier molecular flexibility index (Phi) is 3.33. The SMILES string of the molecule is Cc1c(C(=O)O)sc2ncnc(NC(C)CC3CC3)c12. The number of aryl methyl sites for hydroxylation is 1. The van der Waals surface area contributed by atoms with E-state index in [0.717, 1.165) is 33.9 Å². The van der Waals surface area contributed by atoms with Crippen molar-refractivity contribution in [2.45, 2.75) is 39.2 Å². The molecule has 0 aromatic carbocycles. The second-order valence-corrected chi connectivity index (χ2v) is 6.49.